The van der Waals surface area contributed by atoms with Crippen molar-refractivity contribution in [3.8, 4) is 0 Å². The first-order valence-electron chi connectivity index (χ1n) is 9.02. The SMILES string of the molecule is O=C(NCc1nc2ccccc2c(=O)[nH]1)[C@H]1CC(=O)N(Cc2ccncc2)C1. The number of benzene rings is 1. The third kappa shape index (κ3) is 3.75. The largest absolute Gasteiger partial charge is 0.349 e. The molecule has 142 valence electrons. The Kier molecular flexibility index (Phi) is 4.84. The summed E-state index contributed by atoms with van der Waals surface area (Å²) in [4.78, 5) is 49.5. The molecule has 1 aliphatic rings. The van der Waals surface area contributed by atoms with E-state index in [1.54, 1.807) is 41.6 Å². The molecular weight excluding hydrogens is 358 g/mol. The van der Waals surface area contributed by atoms with Gasteiger partial charge in [0.2, 0.25) is 11.8 Å². The number of para-hydroxylation sites is 1. The Morgan fingerprint density at radius 3 is 2.79 bits per heavy atom. The molecule has 1 aromatic carbocycles. The van der Waals surface area contributed by atoms with Gasteiger partial charge in [0.15, 0.2) is 0 Å². The van der Waals surface area contributed by atoms with Crippen LogP contribution in [-0.2, 0) is 22.7 Å². The number of hydrogen-bond acceptors (Lipinski definition) is 5. The van der Waals surface area contributed by atoms with Crippen LogP contribution in [0.3, 0.4) is 0 Å². The zero-order valence-corrected chi connectivity index (χ0v) is 15.1. The van der Waals surface area contributed by atoms with Gasteiger partial charge in [-0.15, -0.1) is 0 Å². The maximum absolute atomic E-state index is 12.5. The molecule has 0 aliphatic carbocycles. The van der Waals surface area contributed by atoms with Gasteiger partial charge in [0.05, 0.1) is 23.4 Å². The van der Waals surface area contributed by atoms with Crippen molar-refractivity contribution in [1.82, 2.24) is 25.2 Å². The minimum Gasteiger partial charge on any atom is -0.349 e. The van der Waals surface area contributed by atoms with Crippen molar-refractivity contribution in [2.75, 3.05) is 6.54 Å². The molecule has 3 aromatic rings. The predicted molar refractivity (Wildman–Crippen MR) is 102 cm³/mol. The number of likely N-dealkylation sites (tertiary alicyclic amines) is 1. The van der Waals surface area contributed by atoms with Gasteiger partial charge in [-0.1, -0.05) is 12.1 Å². The number of fused-ring (bicyclic) bond motifs is 1. The highest BCUT2D eigenvalue weighted by Crippen LogP contribution is 2.20. The zero-order valence-electron chi connectivity index (χ0n) is 15.1. The monoisotopic (exact) mass is 377 g/mol. The van der Waals surface area contributed by atoms with Crippen LogP contribution in [0.4, 0.5) is 0 Å². The standard InChI is InChI=1S/C20H19N5O3/c26-18-9-14(12-25(18)11-13-5-7-21-8-6-13)19(27)22-10-17-23-16-4-2-1-3-15(16)20(28)24-17/h1-8,14H,9-12H2,(H,22,27)(H,23,24,28)/t14-/m0/s1. The molecule has 0 radical (unpaired) electrons. The molecule has 2 N–H and O–H groups in total. The van der Waals surface area contributed by atoms with E-state index in [1.807, 2.05) is 12.1 Å². The van der Waals surface area contributed by atoms with E-state index in [4.69, 9.17) is 0 Å². The normalized spacial score (nSPS) is 16.5. The smallest absolute Gasteiger partial charge is 0.258 e. The number of aromatic nitrogens is 3. The van der Waals surface area contributed by atoms with Crippen LogP contribution in [0.25, 0.3) is 10.9 Å². The molecule has 0 bridgehead atoms. The van der Waals surface area contributed by atoms with Crippen molar-refractivity contribution >= 4 is 22.7 Å². The number of H-pyrrole nitrogens is 1. The Balaban J connectivity index is 1.38. The fraction of sp³-hybridized carbons (Fsp3) is 0.250. The summed E-state index contributed by atoms with van der Waals surface area (Å²) in [6.45, 7) is 0.938. The summed E-state index contributed by atoms with van der Waals surface area (Å²) in [6.07, 6.45) is 3.54. The summed E-state index contributed by atoms with van der Waals surface area (Å²) in [5.41, 5.74) is 1.31. The molecule has 1 aliphatic heterocycles. The number of amides is 2. The molecule has 1 atom stereocenters. The van der Waals surface area contributed by atoms with Gasteiger partial charge in [-0.25, -0.2) is 4.98 Å². The molecule has 4 rings (SSSR count). The molecule has 28 heavy (non-hydrogen) atoms. The van der Waals surface area contributed by atoms with Gasteiger partial charge in [0.1, 0.15) is 5.82 Å². The average molecular weight is 377 g/mol. The van der Waals surface area contributed by atoms with Gasteiger partial charge in [-0.2, -0.15) is 0 Å². The van der Waals surface area contributed by atoms with Crippen molar-refractivity contribution in [2.45, 2.75) is 19.5 Å². The highest BCUT2D eigenvalue weighted by molar-refractivity contribution is 5.89. The average Bonchev–Trinajstić information content (AvgIpc) is 3.07. The van der Waals surface area contributed by atoms with Crippen LogP contribution >= 0.6 is 0 Å². The fourth-order valence-corrected chi connectivity index (χ4v) is 3.34. The highest BCUT2D eigenvalue weighted by atomic mass is 16.2. The van der Waals surface area contributed by atoms with E-state index in [0.29, 0.717) is 29.8 Å². The first-order valence-corrected chi connectivity index (χ1v) is 9.02. The van der Waals surface area contributed by atoms with Crippen molar-refractivity contribution in [2.24, 2.45) is 5.92 Å². The lowest BCUT2D eigenvalue weighted by Gasteiger charge is -2.16. The maximum Gasteiger partial charge on any atom is 0.258 e. The number of nitrogens with one attached hydrogen (secondary N) is 2. The number of hydrogen-bond donors (Lipinski definition) is 2. The summed E-state index contributed by atoms with van der Waals surface area (Å²) < 4.78 is 0. The molecule has 8 heteroatoms. The van der Waals surface area contributed by atoms with Crippen LogP contribution in [0.15, 0.2) is 53.6 Å². The molecule has 1 saturated heterocycles. The van der Waals surface area contributed by atoms with E-state index >= 15 is 0 Å². The van der Waals surface area contributed by atoms with Crippen LogP contribution in [0.5, 0.6) is 0 Å². The number of aromatic amines is 1. The second-order valence-electron chi connectivity index (χ2n) is 6.78. The predicted octanol–water partition coefficient (Wildman–Crippen LogP) is 0.983. The molecule has 1 fully saturated rings. The van der Waals surface area contributed by atoms with E-state index < -0.39 is 5.92 Å². The van der Waals surface area contributed by atoms with Crippen molar-refractivity contribution in [1.29, 1.82) is 0 Å². The van der Waals surface area contributed by atoms with Gasteiger partial charge >= 0.3 is 0 Å². The molecule has 2 aromatic heterocycles. The van der Waals surface area contributed by atoms with Crippen LogP contribution in [0.2, 0.25) is 0 Å². The number of nitrogens with zero attached hydrogens (tertiary/aromatic N) is 3. The van der Waals surface area contributed by atoms with E-state index in [0.717, 1.165) is 5.56 Å². The lowest BCUT2D eigenvalue weighted by Crippen LogP contribution is -2.33. The summed E-state index contributed by atoms with van der Waals surface area (Å²) in [5.74, 6) is -0.299. The summed E-state index contributed by atoms with van der Waals surface area (Å²) in [5, 5.41) is 3.28. The molecule has 3 heterocycles. The lowest BCUT2D eigenvalue weighted by atomic mass is 10.1. The van der Waals surface area contributed by atoms with Gasteiger partial charge < -0.3 is 15.2 Å². The second kappa shape index (κ2) is 7.59. The molecule has 0 unspecified atom stereocenters. The quantitative estimate of drug-likeness (QED) is 0.689. The van der Waals surface area contributed by atoms with Gasteiger partial charge in [0, 0.05) is 31.9 Å². The molecule has 0 saturated carbocycles. The molecular formula is C20H19N5O3. The van der Waals surface area contributed by atoms with Crippen molar-refractivity contribution < 1.29 is 9.59 Å². The van der Waals surface area contributed by atoms with Crippen LogP contribution in [0, 0.1) is 5.92 Å². The third-order valence-electron chi connectivity index (χ3n) is 4.80. The van der Waals surface area contributed by atoms with E-state index in [9.17, 15) is 14.4 Å². The number of carbonyl (C=O) groups excluding carboxylic acids is 2. The first-order chi connectivity index (χ1) is 13.6. The minimum absolute atomic E-state index is 0.0470. The second-order valence-corrected chi connectivity index (χ2v) is 6.78. The Hall–Kier alpha value is -3.55. The fourth-order valence-electron chi connectivity index (χ4n) is 3.34. The first kappa shape index (κ1) is 17.8. The lowest BCUT2D eigenvalue weighted by molar-refractivity contribution is -0.129. The zero-order chi connectivity index (χ0) is 19.5. The van der Waals surface area contributed by atoms with Crippen molar-refractivity contribution in [3.63, 3.8) is 0 Å². The Labute approximate surface area is 160 Å². The Morgan fingerprint density at radius 1 is 1.18 bits per heavy atom. The number of rotatable bonds is 5. The van der Waals surface area contributed by atoms with E-state index in [-0.39, 0.29) is 30.3 Å². The highest BCUT2D eigenvalue weighted by Gasteiger charge is 2.34. The topological polar surface area (TPSA) is 108 Å². The van der Waals surface area contributed by atoms with Crippen LogP contribution < -0.4 is 10.9 Å². The number of carbonyl (C=O) groups is 2. The van der Waals surface area contributed by atoms with Gasteiger partial charge in [-0.05, 0) is 29.8 Å². The van der Waals surface area contributed by atoms with Gasteiger partial charge in [-0.3, -0.25) is 19.4 Å². The third-order valence-corrected chi connectivity index (χ3v) is 4.80. The van der Waals surface area contributed by atoms with E-state index in [1.165, 1.54) is 0 Å². The Bertz CT molecular complexity index is 1080. The summed E-state index contributed by atoms with van der Waals surface area (Å²) >= 11 is 0. The van der Waals surface area contributed by atoms with Crippen LogP contribution in [-0.4, -0.2) is 38.2 Å². The molecule has 0 spiro atoms. The van der Waals surface area contributed by atoms with Gasteiger partial charge in [0.25, 0.3) is 5.56 Å². The van der Waals surface area contributed by atoms with E-state index in [2.05, 4.69) is 20.3 Å². The number of pyridine rings is 1. The molecule has 2 amide bonds. The minimum atomic E-state index is -0.415. The Morgan fingerprint density at radius 2 is 1.96 bits per heavy atom. The summed E-state index contributed by atoms with van der Waals surface area (Å²) in [7, 11) is 0. The summed E-state index contributed by atoms with van der Waals surface area (Å²) in [6, 6.07) is 10.7. The van der Waals surface area contributed by atoms with Crippen molar-refractivity contribution in [3.05, 3.63) is 70.5 Å². The molecule has 8 nitrogen and oxygen atoms in total. The maximum atomic E-state index is 12.5. The van der Waals surface area contributed by atoms with Crippen LogP contribution in [0.1, 0.15) is 17.8 Å².